The zero-order chi connectivity index (χ0) is 23.6. The van der Waals surface area contributed by atoms with Crippen LogP contribution in [0.15, 0.2) is 78.9 Å². The van der Waals surface area contributed by atoms with Crippen LogP contribution in [0.2, 0.25) is 0 Å². The third-order valence-electron chi connectivity index (χ3n) is 5.88. The highest BCUT2D eigenvalue weighted by molar-refractivity contribution is 5.96. The number of ether oxygens (including phenoxy) is 1. The van der Waals surface area contributed by atoms with Crippen LogP contribution in [0.4, 0.5) is 11.4 Å². The predicted molar refractivity (Wildman–Crippen MR) is 135 cm³/mol. The highest BCUT2D eigenvalue weighted by atomic mass is 16.5. The van der Waals surface area contributed by atoms with Gasteiger partial charge < -0.3 is 20.7 Å². The molecule has 34 heavy (non-hydrogen) atoms. The van der Waals surface area contributed by atoms with Crippen LogP contribution in [0.25, 0.3) is 0 Å². The molecule has 3 aromatic carbocycles. The number of hydrogen-bond acceptors (Lipinski definition) is 4. The molecule has 2 amide bonds. The number of amides is 2. The SMILES string of the molecule is O=C(CNc1cccc(C(=O)NC2CCCCC2)c1)Nc1cccc(OCc2ccccc2)c1. The lowest BCUT2D eigenvalue weighted by atomic mass is 9.95. The van der Waals surface area contributed by atoms with Crippen LogP contribution < -0.4 is 20.7 Å². The molecule has 0 bridgehead atoms. The molecule has 0 radical (unpaired) electrons. The second-order valence-corrected chi connectivity index (χ2v) is 8.59. The molecule has 1 aliphatic carbocycles. The molecule has 3 aromatic rings. The minimum Gasteiger partial charge on any atom is -0.489 e. The largest absolute Gasteiger partial charge is 0.489 e. The van der Waals surface area contributed by atoms with Gasteiger partial charge in [-0.25, -0.2) is 0 Å². The molecule has 6 nitrogen and oxygen atoms in total. The van der Waals surface area contributed by atoms with Crippen LogP contribution in [0.3, 0.4) is 0 Å². The van der Waals surface area contributed by atoms with Crippen molar-refractivity contribution in [1.29, 1.82) is 0 Å². The minimum atomic E-state index is -0.183. The topological polar surface area (TPSA) is 79.5 Å². The summed E-state index contributed by atoms with van der Waals surface area (Å²) in [7, 11) is 0. The van der Waals surface area contributed by atoms with Crippen LogP contribution in [0.5, 0.6) is 5.75 Å². The van der Waals surface area contributed by atoms with Crippen LogP contribution in [-0.2, 0) is 11.4 Å². The third kappa shape index (κ3) is 7.10. The molecule has 3 N–H and O–H groups in total. The zero-order valence-electron chi connectivity index (χ0n) is 19.3. The Morgan fingerprint density at radius 3 is 2.41 bits per heavy atom. The van der Waals surface area contributed by atoms with Crippen LogP contribution >= 0.6 is 0 Å². The average Bonchev–Trinajstić information content (AvgIpc) is 2.88. The lowest BCUT2D eigenvalue weighted by Crippen LogP contribution is -2.36. The van der Waals surface area contributed by atoms with E-state index in [4.69, 9.17) is 4.74 Å². The van der Waals surface area contributed by atoms with E-state index in [1.54, 1.807) is 18.2 Å². The summed E-state index contributed by atoms with van der Waals surface area (Å²) in [5.41, 5.74) is 3.07. The maximum absolute atomic E-state index is 12.6. The molecule has 0 unspecified atom stereocenters. The number of anilines is 2. The molecule has 1 aliphatic rings. The first kappa shape index (κ1) is 23.4. The summed E-state index contributed by atoms with van der Waals surface area (Å²) in [5.74, 6) is 0.441. The summed E-state index contributed by atoms with van der Waals surface area (Å²) in [4.78, 5) is 25.1. The van der Waals surface area contributed by atoms with Gasteiger partial charge in [0.15, 0.2) is 0 Å². The maximum atomic E-state index is 12.6. The highest BCUT2D eigenvalue weighted by Gasteiger charge is 2.16. The molecule has 1 saturated carbocycles. The van der Waals surface area contributed by atoms with Crippen molar-refractivity contribution in [3.8, 4) is 5.75 Å². The molecule has 6 heteroatoms. The molecule has 1 fully saturated rings. The van der Waals surface area contributed by atoms with Gasteiger partial charge in [-0.2, -0.15) is 0 Å². The normalized spacial score (nSPS) is 13.6. The number of benzene rings is 3. The molecular formula is C28H31N3O3. The second kappa shape index (κ2) is 11.9. The number of hydrogen-bond donors (Lipinski definition) is 3. The van der Waals surface area contributed by atoms with E-state index in [-0.39, 0.29) is 24.4 Å². The zero-order valence-corrected chi connectivity index (χ0v) is 19.3. The lowest BCUT2D eigenvalue weighted by molar-refractivity contribution is -0.114. The standard InChI is InChI=1S/C28H31N3O3/c32-27(30-25-15-8-16-26(18-25)34-20-21-9-3-1-4-10-21)19-29-24-14-7-11-22(17-24)28(33)31-23-12-5-2-6-13-23/h1,3-4,7-11,14-18,23,29H,2,5-6,12-13,19-20H2,(H,30,32)(H,31,33). The van der Waals surface area contributed by atoms with Crippen LogP contribution in [0, 0.1) is 0 Å². The fourth-order valence-electron chi connectivity index (χ4n) is 4.08. The van der Waals surface area contributed by atoms with E-state index in [2.05, 4.69) is 16.0 Å². The molecule has 176 valence electrons. The average molecular weight is 458 g/mol. The Morgan fingerprint density at radius 1 is 0.824 bits per heavy atom. The first-order valence-electron chi connectivity index (χ1n) is 11.9. The number of rotatable bonds is 9. The van der Waals surface area contributed by atoms with Gasteiger partial charge in [0.25, 0.3) is 5.91 Å². The van der Waals surface area contributed by atoms with E-state index in [1.165, 1.54) is 19.3 Å². The summed E-state index contributed by atoms with van der Waals surface area (Å²) >= 11 is 0. The van der Waals surface area contributed by atoms with E-state index in [9.17, 15) is 9.59 Å². The Labute approximate surface area is 200 Å². The molecular weight excluding hydrogens is 426 g/mol. The smallest absolute Gasteiger partial charge is 0.251 e. The van der Waals surface area contributed by atoms with Crippen molar-refractivity contribution < 1.29 is 14.3 Å². The van der Waals surface area contributed by atoms with Crippen molar-refractivity contribution in [1.82, 2.24) is 5.32 Å². The Balaban J connectivity index is 1.26. The van der Waals surface area contributed by atoms with Gasteiger partial charge in [-0.1, -0.05) is 61.7 Å². The molecule has 0 heterocycles. The monoisotopic (exact) mass is 457 g/mol. The highest BCUT2D eigenvalue weighted by Crippen LogP contribution is 2.20. The Morgan fingerprint density at radius 2 is 1.59 bits per heavy atom. The van der Waals surface area contributed by atoms with Crippen molar-refractivity contribution in [2.45, 2.75) is 44.8 Å². The van der Waals surface area contributed by atoms with Crippen LogP contribution in [-0.4, -0.2) is 24.4 Å². The number of nitrogens with one attached hydrogen (secondary N) is 3. The summed E-state index contributed by atoms with van der Waals surface area (Å²) in [6, 6.07) is 24.8. The van der Waals surface area contributed by atoms with Gasteiger partial charge in [-0.3, -0.25) is 9.59 Å². The van der Waals surface area contributed by atoms with E-state index in [0.29, 0.717) is 23.6 Å². The van der Waals surface area contributed by atoms with Crippen molar-refractivity contribution in [2.75, 3.05) is 17.2 Å². The molecule has 4 rings (SSSR count). The quantitative estimate of drug-likeness (QED) is 0.403. The van der Waals surface area contributed by atoms with Gasteiger partial charge in [-0.05, 0) is 48.7 Å². The van der Waals surface area contributed by atoms with E-state index in [1.807, 2.05) is 60.7 Å². The van der Waals surface area contributed by atoms with Gasteiger partial charge in [0.1, 0.15) is 12.4 Å². The third-order valence-corrected chi connectivity index (χ3v) is 5.88. The fourth-order valence-corrected chi connectivity index (χ4v) is 4.08. The van der Waals surface area contributed by atoms with Gasteiger partial charge in [0, 0.05) is 29.0 Å². The minimum absolute atomic E-state index is 0.0627. The fraction of sp³-hybridized carbons (Fsp3) is 0.286. The number of carbonyl (C=O) groups excluding carboxylic acids is 2. The van der Waals surface area contributed by atoms with E-state index >= 15 is 0 Å². The van der Waals surface area contributed by atoms with Crippen molar-refractivity contribution in [3.05, 3.63) is 90.0 Å². The molecule has 0 spiro atoms. The first-order valence-corrected chi connectivity index (χ1v) is 11.9. The van der Waals surface area contributed by atoms with E-state index < -0.39 is 0 Å². The Kier molecular flexibility index (Phi) is 8.17. The Bertz CT molecular complexity index is 1090. The van der Waals surface area contributed by atoms with Gasteiger partial charge in [-0.15, -0.1) is 0 Å². The predicted octanol–water partition coefficient (Wildman–Crippen LogP) is 5.38. The van der Waals surface area contributed by atoms with Gasteiger partial charge in [0.2, 0.25) is 5.91 Å². The van der Waals surface area contributed by atoms with Gasteiger partial charge >= 0.3 is 0 Å². The molecule has 0 aromatic heterocycles. The molecule has 0 saturated heterocycles. The van der Waals surface area contributed by atoms with E-state index in [0.717, 1.165) is 24.1 Å². The number of carbonyl (C=O) groups is 2. The van der Waals surface area contributed by atoms with Crippen LogP contribution in [0.1, 0.15) is 48.0 Å². The van der Waals surface area contributed by atoms with Crippen molar-refractivity contribution >= 4 is 23.2 Å². The Hall–Kier alpha value is -3.80. The second-order valence-electron chi connectivity index (χ2n) is 8.59. The summed E-state index contributed by atoms with van der Waals surface area (Å²) in [6.45, 7) is 0.549. The van der Waals surface area contributed by atoms with Gasteiger partial charge in [0.05, 0.1) is 6.54 Å². The summed E-state index contributed by atoms with van der Waals surface area (Å²) < 4.78 is 5.83. The summed E-state index contributed by atoms with van der Waals surface area (Å²) in [6.07, 6.45) is 5.68. The lowest BCUT2D eigenvalue weighted by Gasteiger charge is -2.22. The molecule has 0 aliphatic heterocycles. The summed E-state index contributed by atoms with van der Waals surface area (Å²) in [5, 5.41) is 9.11. The maximum Gasteiger partial charge on any atom is 0.251 e. The van der Waals surface area contributed by atoms with Crippen molar-refractivity contribution in [3.63, 3.8) is 0 Å². The first-order chi connectivity index (χ1) is 16.7. The van der Waals surface area contributed by atoms with Crippen molar-refractivity contribution in [2.24, 2.45) is 0 Å². The molecule has 0 atom stereocenters.